The SMILES string of the molecule is CCCC(C)NCC(C)n1nc(CC)nc1CC. The van der Waals surface area contributed by atoms with Crippen LogP contribution in [0, 0.1) is 0 Å². The Morgan fingerprint density at radius 1 is 1.17 bits per heavy atom. The second kappa shape index (κ2) is 7.52. The first-order chi connectivity index (χ1) is 8.62. The van der Waals surface area contributed by atoms with Gasteiger partial charge in [-0.1, -0.05) is 27.2 Å². The molecule has 0 radical (unpaired) electrons. The molecule has 0 spiro atoms. The van der Waals surface area contributed by atoms with Gasteiger partial charge in [0.1, 0.15) is 5.82 Å². The van der Waals surface area contributed by atoms with Gasteiger partial charge in [-0.15, -0.1) is 0 Å². The van der Waals surface area contributed by atoms with Crippen molar-refractivity contribution in [2.24, 2.45) is 0 Å². The van der Waals surface area contributed by atoms with E-state index in [0.717, 1.165) is 31.0 Å². The predicted octanol–water partition coefficient (Wildman–Crippen LogP) is 2.74. The summed E-state index contributed by atoms with van der Waals surface area (Å²) < 4.78 is 2.09. The fourth-order valence-electron chi connectivity index (χ4n) is 2.14. The number of aryl methyl sites for hydroxylation is 2. The van der Waals surface area contributed by atoms with Gasteiger partial charge in [-0.2, -0.15) is 5.10 Å². The first-order valence-electron chi connectivity index (χ1n) is 7.29. The molecular formula is C14H28N4. The van der Waals surface area contributed by atoms with Crippen LogP contribution in [0.25, 0.3) is 0 Å². The molecule has 0 aliphatic rings. The van der Waals surface area contributed by atoms with E-state index in [1.54, 1.807) is 0 Å². The van der Waals surface area contributed by atoms with Gasteiger partial charge in [-0.05, 0) is 20.3 Å². The maximum absolute atomic E-state index is 4.59. The van der Waals surface area contributed by atoms with Crippen LogP contribution in [0.3, 0.4) is 0 Å². The lowest BCUT2D eigenvalue weighted by molar-refractivity contribution is 0.402. The van der Waals surface area contributed by atoms with Crippen molar-refractivity contribution >= 4 is 0 Å². The van der Waals surface area contributed by atoms with Crippen LogP contribution in [-0.2, 0) is 12.8 Å². The Morgan fingerprint density at radius 3 is 2.44 bits per heavy atom. The fourth-order valence-corrected chi connectivity index (χ4v) is 2.14. The first kappa shape index (κ1) is 15.2. The van der Waals surface area contributed by atoms with Crippen LogP contribution < -0.4 is 5.32 Å². The van der Waals surface area contributed by atoms with Gasteiger partial charge in [0.2, 0.25) is 0 Å². The van der Waals surface area contributed by atoms with E-state index in [1.165, 1.54) is 12.8 Å². The van der Waals surface area contributed by atoms with E-state index < -0.39 is 0 Å². The predicted molar refractivity (Wildman–Crippen MR) is 75.9 cm³/mol. The maximum atomic E-state index is 4.59. The van der Waals surface area contributed by atoms with Crippen molar-refractivity contribution < 1.29 is 0 Å². The summed E-state index contributed by atoms with van der Waals surface area (Å²) in [5.41, 5.74) is 0. The summed E-state index contributed by atoms with van der Waals surface area (Å²) in [4.78, 5) is 4.56. The topological polar surface area (TPSA) is 42.7 Å². The molecule has 1 N–H and O–H groups in total. The van der Waals surface area contributed by atoms with E-state index in [2.05, 4.69) is 54.7 Å². The lowest BCUT2D eigenvalue weighted by atomic mass is 10.2. The van der Waals surface area contributed by atoms with Crippen molar-refractivity contribution in [3.8, 4) is 0 Å². The highest BCUT2D eigenvalue weighted by atomic mass is 15.4. The van der Waals surface area contributed by atoms with Crippen LogP contribution >= 0.6 is 0 Å². The molecule has 1 aromatic heterocycles. The van der Waals surface area contributed by atoms with Gasteiger partial charge in [0.25, 0.3) is 0 Å². The molecule has 0 aromatic carbocycles. The number of nitrogens with one attached hydrogen (secondary N) is 1. The van der Waals surface area contributed by atoms with Gasteiger partial charge >= 0.3 is 0 Å². The van der Waals surface area contributed by atoms with Crippen molar-refractivity contribution in [2.75, 3.05) is 6.54 Å². The zero-order chi connectivity index (χ0) is 13.5. The van der Waals surface area contributed by atoms with E-state index in [1.807, 2.05) is 0 Å². The number of aromatic nitrogens is 3. The minimum Gasteiger partial charge on any atom is -0.312 e. The molecule has 0 bridgehead atoms. The minimum absolute atomic E-state index is 0.368. The fraction of sp³-hybridized carbons (Fsp3) is 0.857. The normalized spacial score (nSPS) is 14.7. The van der Waals surface area contributed by atoms with Gasteiger partial charge in [0.05, 0.1) is 6.04 Å². The second-order valence-corrected chi connectivity index (χ2v) is 5.04. The third-order valence-corrected chi connectivity index (χ3v) is 3.28. The molecule has 2 unspecified atom stereocenters. The quantitative estimate of drug-likeness (QED) is 0.773. The molecule has 2 atom stereocenters. The molecule has 4 heteroatoms. The maximum Gasteiger partial charge on any atom is 0.150 e. The molecule has 0 aliphatic carbocycles. The summed E-state index contributed by atoms with van der Waals surface area (Å²) in [5.74, 6) is 2.06. The van der Waals surface area contributed by atoms with E-state index >= 15 is 0 Å². The van der Waals surface area contributed by atoms with Gasteiger partial charge in [0.15, 0.2) is 5.82 Å². The Labute approximate surface area is 111 Å². The number of rotatable bonds is 8. The molecular weight excluding hydrogens is 224 g/mol. The summed E-state index contributed by atoms with van der Waals surface area (Å²) in [6.07, 6.45) is 4.31. The lowest BCUT2D eigenvalue weighted by Crippen LogP contribution is -2.32. The molecule has 1 rings (SSSR count). The van der Waals surface area contributed by atoms with E-state index in [9.17, 15) is 0 Å². The Morgan fingerprint density at radius 2 is 1.89 bits per heavy atom. The Kier molecular flexibility index (Phi) is 6.33. The van der Waals surface area contributed by atoms with Crippen LogP contribution in [0.15, 0.2) is 0 Å². The third kappa shape index (κ3) is 4.09. The molecule has 0 fully saturated rings. The molecule has 4 nitrogen and oxygen atoms in total. The van der Waals surface area contributed by atoms with E-state index in [4.69, 9.17) is 0 Å². The smallest absolute Gasteiger partial charge is 0.150 e. The lowest BCUT2D eigenvalue weighted by Gasteiger charge is -2.18. The van der Waals surface area contributed by atoms with Crippen LogP contribution in [0.2, 0.25) is 0 Å². The zero-order valence-electron chi connectivity index (χ0n) is 12.5. The molecule has 0 saturated carbocycles. The zero-order valence-corrected chi connectivity index (χ0v) is 12.5. The highest BCUT2D eigenvalue weighted by Crippen LogP contribution is 2.09. The third-order valence-electron chi connectivity index (χ3n) is 3.28. The van der Waals surface area contributed by atoms with E-state index in [-0.39, 0.29) is 0 Å². The molecule has 0 saturated heterocycles. The van der Waals surface area contributed by atoms with Crippen LogP contribution in [0.5, 0.6) is 0 Å². The van der Waals surface area contributed by atoms with Crippen molar-refractivity contribution in [2.45, 2.75) is 72.4 Å². The average molecular weight is 252 g/mol. The number of nitrogens with zero attached hydrogens (tertiary/aromatic N) is 3. The molecule has 104 valence electrons. The number of hydrogen-bond acceptors (Lipinski definition) is 3. The molecule has 0 amide bonds. The Balaban J connectivity index is 2.59. The minimum atomic E-state index is 0.368. The van der Waals surface area contributed by atoms with Crippen LogP contribution in [0.1, 0.15) is 65.2 Å². The van der Waals surface area contributed by atoms with Gasteiger partial charge < -0.3 is 5.32 Å². The van der Waals surface area contributed by atoms with Gasteiger partial charge in [-0.25, -0.2) is 9.67 Å². The second-order valence-electron chi connectivity index (χ2n) is 5.04. The van der Waals surface area contributed by atoms with Crippen LogP contribution in [0.4, 0.5) is 0 Å². The summed E-state index contributed by atoms with van der Waals surface area (Å²) >= 11 is 0. The average Bonchev–Trinajstić information content (AvgIpc) is 2.79. The Hall–Kier alpha value is -0.900. The van der Waals surface area contributed by atoms with Crippen molar-refractivity contribution in [3.05, 3.63) is 11.6 Å². The van der Waals surface area contributed by atoms with Crippen molar-refractivity contribution in [1.82, 2.24) is 20.1 Å². The monoisotopic (exact) mass is 252 g/mol. The molecule has 1 aromatic rings. The molecule has 0 aliphatic heterocycles. The Bertz CT molecular complexity index is 346. The summed E-state index contributed by atoms with van der Waals surface area (Å²) in [7, 11) is 0. The molecule has 18 heavy (non-hydrogen) atoms. The highest BCUT2D eigenvalue weighted by Gasteiger charge is 2.13. The summed E-state index contributed by atoms with van der Waals surface area (Å²) in [6, 6.07) is 0.948. The highest BCUT2D eigenvalue weighted by molar-refractivity contribution is 4.94. The van der Waals surface area contributed by atoms with Gasteiger partial charge in [-0.3, -0.25) is 0 Å². The van der Waals surface area contributed by atoms with Crippen molar-refractivity contribution in [3.63, 3.8) is 0 Å². The largest absolute Gasteiger partial charge is 0.312 e. The van der Waals surface area contributed by atoms with Crippen LogP contribution in [-0.4, -0.2) is 27.4 Å². The summed E-state index contributed by atoms with van der Waals surface area (Å²) in [6.45, 7) is 11.9. The van der Waals surface area contributed by atoms with Crippen molar-refractivity contribution in [1.29, 1.82) is 0 Å². The standard InChI is InChI=1S/C14H28N4/c1-6-9-11(4)15-10-12(5)18-14(8-3)16-13(7-2)17-18/h11-12,15H,6-10H2,1-5H3. The number of hydrogen-bond donors (Lipinski definition) is 1. The van der Waals surface area contributed by atoms with E-state index in [0.29, 0.717) is 12.1 Å². The summed E-state index contributed by atoms with van der Waals surface area (Å²) in [5, 5.41) is 8.16. The first-order valence-corrected chi connectivity index (χ1v) is 7.29. The van der Waals surface area contributed by atoms with Gasteiger partial charge in [0, 0.05) is 25.4 Å². The molecule has 1 heterocycles.